The van der Waals surface area contributed by atoms with Crippen molar-refractivity contribution in [3.05, 3.63) is 77.6 Å². The fourth-order valence-corrected chi connectivity index (χ4v) is 2.14. The smallest absolute Gasteiger partial charge is 0.214 e. The number of nitrogens with zero attached hydrogens (tertiary/aromatic N) is 3. The van der Waals surface area contributed by atoms with Crippen molar-refractivity contribution in [2.45, 2.75) is 6.54 Å². The van der Waals surface area contributed by atoms with Crippen LogP contribution in [0.5, 0.6) is 5.75 Å². The number of ether oxygens (including phenoxy) is 1. The van der Waals surface area contributed by atoms with Crippen LogP contribution in [0.1, 0.15) is 21.6 Å². The van der Waals surface area contributed by atoms with E-state index in [4.69, 9.17) is 4.74 Å². The number of aromatic nitrogens is 3. The number of rotatable bonds is 5. The van der Waals surface area contributed by atoms with Crippen LogP contribution in [0.25, 0.3) is 0 Å². The molecular formula is C17H15N3O2. The topological polar surface area (TPSA) is 57.0 Å². The first-order valence-electron chi connectivity index (χ1n) is 6.89. The van der Waals surface area contributed by atoms with Crippen LogP contribution in [0.2, 0.25) is 0 Å². The molecule has 0 saturated heterocycles. The predicted molar refractivity (Wildman–Crippen MR) is 82.0 cm³/mol. The third-order valence-electron chi connectivity index (χ3n) is 3.31. The molecule has 0 N–H and O–H groups in total. The SMILES string of the molecule is COc1ccc(C(=O)c2cn(Cc3ccccc3)nn2)cc1. The molecule has 3 aromatic rings. The van der Waals surface area contributed by atoms with E-state index in [2.05, 4.69) is 10.3 Å². The molecule has 2 aromatic carbocycles. The van der Waals surface area contributed by atoms with Gasteiger partial charge in [-0.1, -0.05) is 35.5 Å². The molecule has 0 spiro atoms. The van der Waals surface area contributed by atoms with Gasteiger partial charge in [-0.05, 0) is 29.8 Å². The van der Waals surface area contributed by atoms with Crippen molar-refractivity contribution < 1.29 is 9.53 Å². The minimum atomic E-state index is -0.151. The minimum Gasteiger partial charge on any atom is -0.497 e. The van der Waals surface area contributed by atoms with E-state index in [1.165, 1.54) is 0 Å². The van der Waals surface area contributed by atoms with Crippen molar-refractivity contribution in [1.29, 1.82) is 0 Å². The molecule has 22 heavy (non-hydrogen) atoms. The molecule has 0 amide bonds. The maximum Gasteiger partial charge on any atom is 0.214 e. The van der Waals surface area contributed by atoms with Crippen molar-refractivity contribution in [3.63, 3.8) is 0 Å². The Labute approximate surface area is 128 Å². The Morgan fingerprint density at radius 1 is 1.09 bits per heavy atom. The van der Waals surface area contributed by atoms with Gasteiger partial charge >= 0.3 is 0 Å². The van der Waals surface area contributed by atoms with E-state index in [0.29, 0.717) is 23.6 Å². The van der Waals surface area contributed by atoms with Crippen LogP contribution in [0, 0.1) is 0 Å². The maximum absolute atomic E-state index is 12.4. The normalized spacial score (nSPS) is 10.4. The molecule has 0 aliphatic carbocycles. The van der Waals surface area contributed by atoms with Crippen LogP contribution in [0.3, 0.4) is 0 Å². The molecule has 0 aliphatic rings. The Morgan fingerprint density at radius 2 is 1.82 bits per heavy atom. The number of methoxy groups -OCH3 is 1. The summed E-state index contributed by atoms with van der Waals surface area (Å²) in [6, 6.07) is 16.9. The number of hydrogen-bond donors (Lipinski definition) is 0. The zero-order valence-corrected chi connectivity index (χ0v) is 12.1. The summed E-state index contributed by atoms with van der Waals surface area (Å²) in [6.07, 6.45) is 1.67. The van der Waals surface area contributed by atoms with E-state index in [0.717, 1.165) is 5.56 Å². The molecule has 0 bridgehead atoms. The van der Waals surface area contributed by atoms with E-state index < -0.39 is 0 Å². The molecule has 5 nitrogen and oxygen atoms in total. The number of carbonyl (C=O) groups excluding carboxylic acids is 1. The Balaban J connectivity index is 1.76. The van der Waals surface area contributed by atoms with Crippen molar-refractivity contribution in [1.82, 2.24) is 15.0 Å². The first kappa shape index (κ1) is 14.0. The van der Waals surface area contributed by atoms with E-state index in [1.807, 2.05) is 30.3 Å². The molecule has 0 unspecified atom stereocenters. The van der Waals surface area contributed by atoms with Crippen LogP contribution in [-0.2, 0) is 6.54 Å². The molecule has 1 heterocycles. The Morgan fingerprint density at radius 3 is 2.50 bits per heavy atom. The number of carbonyl (C=O) groups is 1. The van der Waals surface area contributed by atoms with Crippen molar-refractivity contribution in [2.75, 3.05) is 7.11 Å². The fourth-order valence-electron chi connectivity index (χ4n) is 2.14. The Hall–Kier alpha value is -2.95. The largest absolute Gasteiger partial charge is 0.497 e. The summed E-state index contributed by atoms with van der Waals surface area (Å²) < 4.78 is 6.74. The second-order valence-corrected chi connectivity index (χ2v) is 4.84. The molecule has 0 saturated carbocycles. The summed E-state index contributed by atoms with van der Waals surface area (Å²) in [5, 5.41) is 7.98. The Kier molecular flexibility index (Phi) is 3.96. The monoisotopic (exact) mass is 293 g/mol. The average molecular weight is 293 g/mol. The standard InChI is InChI=1S/C17H15N3O2/c1-22-15-9-7-14(8-10-15)17(21)16-12-20(19-18-16)11-13-5-3-2-4-6-13/h2-10,12H,11H2,1H3. The van der Waals surface area contributed by atoms with Crippen LogP contribution >= 0.6 is 0 Å². The van der Waals surface area contributed by atoms with Crippen molar-refractivity contribution in [2.24, 2.45) is 0 Å². The van der Waals surface area contributed by atoms with Gasteiger partial charge in [-0.15, -0.1) is 5.10 Å². The molecule has 110 valence electrons. The third kappa shape index (κ3) is 3.03. The van der Waals surface area contributed by atoms with Gasteiger partial charge in [0, 0.05) is 5.56 Å². The molecule has 5 heteroatoms. The van der Waals surface area contributed by atoms with Gasteiger partial charge in [-0.25, -0.2) is 4.68 Å². The van der Waals surface area contributed by atoms with Crippen LogP contribution in [0.15, 0.2) is 60.8 Å². The number of benzene rings is 2. The van der Waals surface area contributed by atoms with E-state index >= 15 is 0 Å². The van der Waals surface area contributed by atoms with Crippen molar-refractivity contribution in [3.8, 4) is 5.75 Å². The lowest BCUT2D eigenvalue weighted by Crippen LogP contribution is -2.02. The summed E-state index contributed by atoms with van der Waals surface area (Å²) in [5.74, 6) is 0.561. The first-order chi connectivity index (χ1) is 10.8. The van der Waals surface area contributed by atoms with Gasteiger partial charge in [-0.2, -0.15) is 0 Å². The Bertz CT molecular complexity index is 764. The highest BCUT2D eigenvalue weighted by atomic mass is 16.5. The van der Waals surface area contributed by atoms with Crippen LogP contribution in [0.4, 0.5) is 0 Å². The first-order valence-corrected chi connectivity index (χ1v) is 6.89. The summed E-state index contributed by atoms with van der Waals surface area (Å²) in [4.78, 5) is 12.4. The van der Waals surface area contributed by atoms with E-state index in [-0.39, 0.29) is 5.78 Å². The lowest BCUT2D eigenvalue weighted by Gasteiger charge is -2.01. The highest BCUT2D eigenvalue weighted by molar-refractivity contribution is 6.07. The van der Waals surface area contributed by atoms with Gasteiger partial charge in [0.15, 0.2) is 5.69 Å². The molecule has 0 fully saturated rings. The number of ketones is 1. The van der Waals surface area contributed by atoms with Gasteiger partial charge in [0.05, 0.1) is 19.9 Å². The predicted octanol–water partition coefficient (Wildman–Crippen LogP) is 2.57. The highest BCUT2D eigenvalue weighted by Gasteiger charge is 2.13. The minimum absolute atomic E-state index is 0.151. The lowest BCUT2D eigenvalue weighted by molar-refractivity contribution is 0.103. The molecule has 0 atom stereocenters. The molecule has 3 rings (SSSR count). The summed E-state index contributed by atoms with van der Waals surface area (Å²) in [5.41, 5.74) is 2.00. The van der Waals surface area contributed by atoms with Gasteiger partial charge in [-0.3, -0.25) is 4.79 Å². The average Bonchev–Trinajstić information content (AvgIpc) is 3.04. The lowest BCUT2D eigenvalue weighted by atomic mass is 10.1. The zero-order valence-electron chi connectivity index (χ0n) is 12.1. The number of hydrogen-bond acceptors (Lipinski definition) is 4. The summed E-state index contributed by atoms with van der Waals surface area (Å²) in [7, 11) is 1.59. The van der Waals surface area contributed by atoms with Gasteiger partial charge in [0.1, 0.15) is 5.75 Å². The third-order valence-corrected chi connectivity index (χ3v) is 3.31. The second kappa shape index (κ2) is 6.22. The summed E-state index contributed by atoms with van der Waals surface area (Å²) in [6.45, 7) is 0.587. The highest BCUT2D eigenvalue weighted by Crippen LogP contribution is 2.14. The molecular weight excluding hydrogens is 278 g/mol. The summed E-state index contributed by atoms with van der Waals surface area (Å²) >= 11 is 0. The van der Waals surface area contributed by atoms with Gasteiger partial charge < -0.3 is 4.74 Å². The van der Waals surface area contributed by atoms with E-state index in [1.54, 1.807) is 42.3 Å². The van der Waals surface area contributed by atoms with Crippen molar-refractivity contribution >= 4 is 5.78 Å². The van der Waals surface area contributed by atoms with Gasteiger partial charge in [0.2, 0.25) is 5.78 Å². The van der Waals surface area contributed by atoms with Gasteiger partial charge in [0.25, 0.3) is 0 Å². The second-order valence-electron chi connectivity index (χ2n) is 4.84. The van der Waals surface area contributed by atoms with E-state index in [9.17, 15) is 4.79 Å². The molecule has 1 aromatic heterocycles. The van der Waals surface area contributed by atoms with Crippen LogP contribution < -0.4 is 4.74 Å². The fraction of sp³-hybridized carbons (Fsp3) is 0.118. The maximum atomic E-state index is 12.4. The zero-order chi connectivity index (χ0) is 15.4. The van der Waals surface area contributed by atoms with Crippen LogP contribution in [-0.4, -0.2) is 27.9 Å². The quantitative estimate of drug-likeness (QED) is 0.678. The molecule has 0 aliphatic heterocycles. The molecule has 0 radical (unpaired) electrons.